The van der Waals surface area contributed by atoms with Crippen molar-refractivity contribution in [2.45, 2.75) is 32.9 Å². The van der Waals surface area contributed by atoms with Crippen LogP contribution in [0.5, 0.6) is 0 Å². The third-order valence-electron chi connectivity index (χ3n) is 2.39. The summed E-state index contributed by atoms with van der Waals surface area (Å²) in [7, 11) is 1.73. The summed E-state index contributed by atoms with van der Waals surface area (Å²) in [5, 5.41) is 15.5. The number of rotatable bonds is 4. The normalized spacial score (nSPS) is 11.2. The van der Waals surface area contributed by atoms with Crippen molar-refractivity contribution in [3.8, 4) is 0 Å². The van der Waals surface area contributed by atoms with Gasteiger partial charge in [0, 0.05) is 12.6 Å². The summed E-state index contributed by atoms with van der Waals surface area (Å²) in [4.78, 5) is 28.0. The van der Waals surface area contributed by atoms with E-state index in [1.54, 1.807) is 27.8 Å². The summed E-state index contributed by atoms with van der Waals surface area (Å²) in [6.07, 6.45) is 1.53. The molecular formula is C11H19N5O3. The van der Waals surface area contributed by atoms with Gasteiger partial charge in [-0.25, -0.2) is 9.78 Å². The minimum atomic E-state index is -1.05. The number of hydrogen-bond donors (Lipinski definition) is 2. The van der Waals surface area contributed by atoms with Crippen LogP contribution in [0.15, 0.2) is 6.33 Å². The first kappa shape index (κ1) is 14.9. The highest BCUT2D eigenvalue weighted by atomic mass is 16.4. The Morgan fingerprint density at radius 3 is 2.53 bits per heavy atom. The molecule has 0 aliphatic rings. The molecule has 8 heteroatoms. The maximum Gasteiger partial charge on any atom is 0.323 e. The zero-order valence-electron chi connectivity index (χ0n) is 11.5. The molecule has 8 nitrogen and oxygen atoms in total. The van der Waals surface area contributed by atoms with E-state index < -0.39 is 17.5 Å². The van der Waals surface area contributed by atoms with Crippen LogP contribution >= 0.6 is 0 Å². The first-order chi connectivity index (χ1) is 8.70. The van der Waals surface area contributed by atoms with E-state index in [1.165, 1.54) is 15.9 Å². The molecule has 1 aromatic heterocycles. The Morgan fingerprint density at radius 1 is 1.47 bits per heavy atom. The number of nitrogens with one attached hydrogen (secondary N) is 1. The monoisotopic (exact) mass is 269 g/mol. The van der Waals surface area contributed by atoms with E-state index in [2.05, 4.69) is 15.4 Å². The first-order valence-electron chi connectivity index (χ1n) is 5.82. The lowest BCUT2D eigenvalue weighted by Gasteiger charge is -2.34. The molecule has 0 radical (unpaired) electrons. The molecule has 0 unspecified atom stereocenters. The Balaban J connectivity index is 2.64. The number of aliphatic carboxylic acids is 1. The summed E-state index contributed by atoms with van der Waals surface area (Å²) in [5.74, 6) is -0.582. The van der Waals surface area contributed by atoms with E-state index >= 15 is 0 Å². The fraction of sp³-hybridized carbons (Fsp3) is 0.636. The number of urea groups is 1. The maximum absolute atomic E-state index is 12.0. The SMILES string of the molecule is Cn1cnc(CNC(=O)N(CC(=O)O)C(C)(C)C)n1. The van der Waals surface area contributed by atoms with E-state index in [1.807, 2.05) is 0 Å². The highest BCUT2D eigenvalue weighted by Gasteiger charge is 2.28. The van der Waals surface area contributed by atoms with Crippen molar-refractivity contribution in [1.29, 1.82) is 0 Å². The number of carbonyl (C=O) groups is 2. The van der Waals surface area contributed by atoms with Gasteiger partial charge in [0.15, 0.2) is 5.82 Å². The first-order valence-corrected chi connectivity index (χ1v) is 5.82. The van der Waals surface area contributed by atoms with Gasteiger partial charge < -0.3 is 15.3 Å². The molecule has 1 heterocycles. The summed E-state index contributed by atoms with van der Waals surface area (Å²) < 4.78 is 1.53. The number of carboxylic acid groups (broad SMARTS) is 1. The largest absolute Gasteiger partial charge is 0.480 e. The molecule has 1 rings (SSSR count). The molecule has 0 aliphatic heterocycles. The van der Waals surface area contributed by atoms with E-state index in [0.717, 1.165) is 0 Å². The number of amides is 2. The highest BCUT2D eigenvalue weighted by Crippen LogP contribution is 2.12. The average molecular weight is 269 g/mol. The van der Waals surface area contributed by atoms with E-state index in [9.17, 15) is 9.59 Å². The predicted molar refractivity (Wildman–Crippen MR) is 67.3 cm³/mol. The number of carbonyl (C=O) groups excluding carboxylic acids is 1. The average Bonchev–Trinajstić information content (AvgIpc) is 2.67. The predicted octanol–water partition coefficient (Wildman–Crippen LogP) is 0.210. The summed E-state index contributed by atoms with van der Waals surface area (Å²) in [6.45, 7) is 5.12. The van der Waals surface area contributed by atoms with Crippen LogP contribution in [0.2, 0.25) is 0 Å². The van der Waals surface area contributed by atoms with Crippen molar-refractivity contribution in [3.05, 3.63) is 12.2 Å². The molecule has 0 spiro atoms. The van der Waals surface area contributed by atoms with Crippen LogP contribution in [-0.4, -0.2) is 48.9 Å². The van der Waals surface area contributed by atoms with Crippen LogP contribution in [0.4, 0.5) is 4.79 Å². The van der Waals surface area contributed by atoms with Crippen LogP contribution in [-0.2, 0) is 18.4 Å². The number of aromatic nitrogens is 3. The van der Waals surface area contributed by atoms with Gasteiger partial charge in [0.2, 0.25) is 0 Å². The standard InChI is InChI=1S/C11H19N5O3/c1-11(2,3)16(6-9(17)18)10(19)12-5-8-13-7-15(4)14-8/h7H,5-6H2,1-4H3,(H,12,19)(H,17,18). The van der Waals surface area contributed by atoms with Crippen LogP contribution < -0.4 is 5.32 Å². The Kier molecular flexibility index (Phi) is 4.47. The van der Waals surface area contributed by atoms with Crippen molar-refractivity contribution in [2.75, 3.05) is 6.54 Å². The van der Waals surface area contributed by atoms with Crippen molar-refractivity contribution in [2.24, 2.45) is 7.05 Å². The molecule has 0 atom stereocenters. The van der Waals surface area contributed by atoms with E-state index in [4.69, 9.17) is 5.11 Å². The third kappa shape index (κ3) is 4.57. The Hall–Kier alpha value is -2.12. The second-order valence-corrected chi connectivity index (χ2v) is 5.14. The van der Waals surface area contributed by atoms with Gasteiger partial charge in [-0.3, -0.25) is 9.48 Å². The van der Waals surface area contributed by atoms with Crippen LogP contribution in [0.3, 0.4) is 0 Å². The van der Waals surface area contributed by atoms with E-state index in [-0.39, 0.29) is 13.1 Å². The zero-order valence-corrected chi connectivity index (χ0v) is 11.5. The molecule has 0 bridgehead atoms. The lowest BCUT2D eigenvalue weighted by atomic mass is 10.1. The summed E-state index contributed by atoms with van der Waals surface area (Å²) in [6, 6.07) is -0.456. The van der Waals surface area contributed by atoms with Gasteiger partial charge in [0.05, 0.1) is 6.54 Å². The molecule has 0 aliphatic carbocycles. The Bertz CT molecular complexity index is 463. The second-order valence-electron chi connectivity index (χ2n) is 5.14. The Labute approximate surface area is 111 Å². The minimum absolute atomic E-state index is 0.159. The summed E-state index contributed by atoms with van der Waals surface area (Å²) >= 11 is 0. The quantitative estimate of drug-likeness (QED) is 0.813. The fourth-order valence-electron chi connectivity index (χ4n) is 1.46. The van der Waals surface area contributed by atoms with Crippen LogP contribution in [0.1, 0.15) is 26.6 Å². The van der Waals surface area contributed by atoms with Gasteiger partial charge in [-0.2, -0.15) is 5.10 Å². The molecular weight excluding hydrogens is 250 g/mol. The molecule has 0 saturated carbocycles. The molecule has 2 N–H and O–H groups in total. The molecule has 0 aromatic carbocycles. The van der Waals surface area contributed by atoms with Crippen molar-refractivity contribution in [3.63, 3.8) is 0 Å². The fourth-order valence-corrected chi connectivity index (χ4v) is 1.46. The van der Waals surface area contributed by atoms with E-state index in [0.29, 0.717) is 5.82 Å². The zero-order chi connectivity index (χ0) is 14.6. The number of nitrogens with zero attached hydrogens (tertiary/aromatic N) is 4. The third-order valence-corrected chi connectivity index (χ3v) is 2.39. The van der Waals surface area contributed by atoms with Crippen LogP contribution in [0.25, 0.3) is 0 Å². The maximum atomic E-state index is 12.0. The second kappa shape index (κ2) is 5.68. The molecule has 2 amide bonds. The van der Waals surface area contributed by atoms with Crippen molar-refractivity contribution >= 4 is 12.0 Å². The number of aryl methyl sites for hydroxylation is 1. The molecule has 0 saturated heterocycles. The highest BCUT2D eigenvalue weighted by molar-refractivity contribution is 5.80. The molecule has 0 fully saturated rings. The number of carboxylic acids is 1. The van der Waals surface area contributed by atoms with Gasteiger partial charge in [-0.05, 0) is 20.8 Å². The van der Waals surface area contributed by atoms with Crippen molar-refractivity contribution < 1.29 is 14.7 Å². The van der Waals surface area contributed by atoms with Crippen molar-refractivity contribution in [1.82, 2.24) is 25.0 Å². The van der Waals surface area contributed by atoms with Gasteiger partial charge >= 0.3 is 12.0 Å². The molecule has 106 valence electrons. The Morgan fingerprint density at radius 2 is 2.11 bits per heavy atom. The number of hydrogen-bond acceptors (Lipinski definition) is 4. The molecule has 19 heavy (non-hydrogen) atoms. The lowest BCUT2D eigenvalue weighted by molar-refractivity contribution is -0.138. The smallest absolute Gasteiger partial charge is 0.323 e. The van der Waals surface area contributed by atoms with Gasteiger partial charge in [0.1, 0.15) is 12.9 Å². The van der Waals surface area contributed by atoms with Gasteiger partial charge in [-0.1, -0.05) is 0 Å². The lowest BCUT2D eigenvalue weighted by Crippen LogP contribution is -2.52. The minimum Gasteiger partial charge on any atom is -0.480 e. The topological polar surface area (TPSA) is 100 Å². The van der Waals surface area contributed by atoms with Gasteiger partial charge in [-0.15, -0.1) is 0 Å². The molecule has 1 aromatic rings. The van der Waals surface area contributed by atoms with Crippen LogP contribution in [0, 0.1) is 0 Å². The summed E-state index contributed by atoms with van der Waals surface area (Å²) in [5.41, 5.74) is -0.583. The van der Waals surface area contributed by atoms with Gasteiger partial charge in [0.25, 0.3) is 0 Å².